The molecule has 0 unspecified atom stereocenters. The van der Waals surface area contributed by atoms with Crippen LogP contribution in [0.1, 0.15) is 74.0 Å². The molecule has 0 saturated heterocycles. The third kappa shape index (κ3) is 8.11. The number of nitrogens with one attached hydrogen (secondary N) is 1. The maximum Gasteiger partial charge on any atom is 0.303 e. The van der Waals surface area contributed by atoms with Gasteiger partial charge in [0.05, 0.1) is 0 Å². The highest BCUT2D eigenvalue weighted by Crippen LogP contribution is 2.32. The molecule has 1 aromatic heterocycles. The molecule has 0 radical (unpaired) electrons. The highest BCUT2D eigenvalue weighted by Gasteiger charge is 2.16. The standard InChI is InChI=1S/C27H26N2O.C4H8.C3H6O2/c1-4-6-11-24(28)19-12-14-25-22(16-19)23-17-20(13-15-26(23)29(25)5-2)27(30)21-10-8-7-9-18(21)3;1-4(2)3;1-2-3(4)5/h4,7-10,12-17,28H,1,5-6,11H2,2-3H3;1H2,2-3H3;2H2,1H3,(H,4,5). The Labute approximate surface area is 232 Å². The summed E-state index contributed by atoms with van der Waals surface area (Å²) in [6, 6.07) is 19.9. The second-order valence-corrected chi connectivity index (χ2v) is 9.61. The SMILES string of the molecule is C=C(C)C.C=CCCC(=N)c1ccc2c(c1)c1cc(C(=O)c3ccccc3C)ccc1n2CC.CCC(=O)O. The third-order valence-corrected chi connectivity index (χ3v) is 6.08. The number of carbonyl (C=O) groups is 2. The van der Waals surface area contributed by atoms with E-state index in [0.717, 1.165) is 51.5 Å². The van der Waals surface area contributed by atoms with Crippen LogP contribution in [0.2, 0.25) is 0 Å². The number of allylic oxidation sites excluding steroid dienone is 2. The Morgan fingerprint density at radius 1 is 0.949 bits per heavy atom. The number of nitrogens with zero attached hydrogens (tertiary/aromatic N) is 1. The lowest BCUT2D eigenvalue weighted by molar-refractivity contribution is -0.136. The largest absolute Gasteiger partial charge is 0.481 e. The minimum absolute atomic E-state index is 0.0438. The van der Waals surface area contributed by atoms with Gasteiger partial charge in [-0.15, -0.1) is 13.2 Å². The van der Waals surface area contributed by atoms with Crippen molar-refractivity contribution in [3.63, 3.8) is 0 Å². The molecule has 5 nitrogen and oxygen atoms in total. The molecule has 0 aliphatic rings. The van der Waals surface area contributed by atoms with E-state index in [1.807, 2.05) is 75.4 Å². The fourth-order valence-corrected chi connectivity index (χ4v) is 4.15. The fourth-order valence-electron chi connectivity index (χ4n) is 4.15. The van der Waals surface area contributed by atoms with Crippen LogP contribution in [-0.2, 0) is 11.3 Å². The van der Waals surface area contributed by atoms with Crippen LogP contribution in [0, 0.1) is 12.3 Å². The lowest BCUT2D eigenvalue weighted by Gasteiger charge is -2.06. The number of carboxylic acid groups (broad SMARTS) is 1. The normalized spacial score (nSPS) is 10.2. The van der Waals surface area contributed by atoms with Gasteiger partial charge in [-0.3, -0.25) is 9.59 Å². The lowest BCUT2D eigenvalue weighted by Crippen LogP contribution is -2.03. The van der Waals surface area contributed by atoms with E-state index in [1.165, 1.54) is 5.57 Å². The summed E-state index contributed by atoms with van der Waals surface area (Å²) in [6.07, 6.45) is 3.54. The Kier molecular flexibility index (Phi) is 11.6. The topological polar surface area (TPSA) is 83.2 Å². The number of benzene rings is 3. The molecule has 39 heavy (non-hydrogen) atoms. The zero-order valence-corrected chi connectivity index (χ0v) is 23.8. The molecule has 0 amide bonds. The van der Waals surface area contributed by atoms with Crippen LogP contribution in [0.4, 0.5) is 0 Å². The van der Waals surface area contributed by atoms with Gasteiger partial charge in [-0.05, 0) is 82.0 Å². The van der Waals surface area contributed by atoms with Gasteiger partial charge in [-0.2, -0.15) is 0 Å². The van der Waals surface area contributed by atoms with E-state index >= 15 is 0 Å². The van der Waals surface area contributed by atoms with Crippen molar-refractivity contribution < 1.29 is 14.7 Å². The van der Waals surface area contributed by atoms with Crippen LogP contribution in [0.15, 0.2) is 85.5 Å². The van der Waals surface area contributed by atoms with Crippen molar-refractivity contribution in [1.82, 2.24) is 4.57 Å². The van der Waals surface area contributed by atoms with Crippen molar-refractivity contribution in [3.05, 3.63) is 108 Å². The zero-order valence-electron chi connectivity index (χ0n) is 23.8. The maximum atomic E-state index is 13.2. The molecule has 0 saturated carbocycles. The van der Waals surface area contributed by atoms with Gasteiger partial charge in [0.15, 0.2) is 5.78 Å². The number of ketones is 1. The van der Waals surface area contributed by atoms with Crippen molar-refractivity contribution in [1.29, 1.82) is 5.41 Å². The first kappa shape index (κ1) is 31.0. The van der Waals surface area contributed by atoms with Crippen LogP contribution in [-0.4, -0.2) is 27.1 Å². The molecule has 0 fully saturated rings. The second-order valence-electron chi connectivity index (χ2n) is 9.61. The summed E-state index contributed by atoms with van der Waals surface area (Å²) in [5.41, 5.74) is 7.37. The molecule has 0 aliphatic carbocycles. The molecular formula is C34H40N2O3. The van der Waals surface area contributed by atoms with Crippen LogP contribution in [0.5, 0.6) is 0 Å². The van der Waals surface area contributed by atoms with Crippen molar-refractivity contribution in [2.75, 3.05) is 0 Å². The number of hydrogen-bond donors (Lipinski definition) is 2. The number of fused-ring (bicyclic) bond motifs is 3. The summed E-state index contributed by atoms with van der Waals surface area (Å²) >= 11 is 0. The number of rotatable bonds is 8. The van der Waals surface area contributed by atoms with Crippen molar-refractivity contribution >= 4 is 39.3 Å². The monoisotopic (exact) mass is 524 g/mol. The second kappa shape index (κ2) is 14.6. The minimum atomic E-state index is -0.745. The number of aromatic nitrogens is 1. The minimum Gasteiger partial charge on any atom is -0.481 e. The number of carboxylic acids is 1. The Morgan fingerprint density at radius 3 is 1.95 bits per heavy atom. The van der Waals surface area contributed by atoms with Gasteiger partial charge in [0.2, 0.25) is 0 Å². The summed E-state index contributed by atoms with van der Waals surface area (Å²) in [5, 5.41) is 18.3. The van der Waals surface area contributed by atoms with Gasteiger partial charge in [-0.1, -0.05) is 48.9 Å². The summed E-state index contributed by atoms with van der Waals surface area (Å²) in [5.74, 6) is -0.702. The molecule has 204 valence electrons. The highest BCUT2D eigenvalue weighted by atomic mass is 16.4. The summed E-state index contributed by atoms with van der Waals surface area (Å²) in [6.45, 7) is 17.8. The predicted octanol–water partition coefficient (Wildman–Crippen LogP) is 8.75. The smallest absolute Gasteiger partial charge is 0.303 e. The number of aliphatic carboxylic acids is 1. The summed E-state index contributed by atoms with van der Waals surface area (Å²) in [4.78, 5) is 22.5. The molecule has 3 aromatic carbocycles. The average molecular weight is 525 g/mol. The average Bonchev–Trinajstić information content (AvgIpc) is 3.23. The molecule has 0 spiro atoms. The molecule has 4 rings (SSSR count). The molecule has 0 aliphatic heterocycles. The van der Waals surface area contributed by atoms with Crippen LogP contribution >= 0.6 is 0 Å². The van der Waals surface area contributed by atoms with Gasteiger partial charge in [-0.25, -0.2) is 0 Å². The van der Waals surface area contributed by atoms with Crippen molar-refractivity contribution in [2.24, 2.45) is 0 Å². The fraction of sp³-hybridized carbons (Fsp3) is 0.265. The first-order chi connectivity index (χ1) is 18.5. The molecule has 2 N–H and O–H groups in total. The third-order valence-electron chi connectivity index (χ3n) is 6.08. The Bertz CT molecular complexity index is 1500. The van der Waals surface area contributed by atoms with Gasteiger partial charge < -0.3 is 15.1 Å². The van der Waals surface area contributed by atoms with Crippen molar-refractivity contribution in [2.45, 2.75) is 60.4 Å². The highest BCUT2D eigenvalue weighted by molar-refractivity contribution is 6.16. The van der Waals surface area contributed by atoms with Crippen molar-refractivity contribution in [3.8, 4) is 0 Å². The molecule has 1 heterocycles. The van der Waals surface area contributed by atoms with E-state index in [9.17, 15) is 9.59 Å². The molecule has 5 heteroatoms. The van der Waals surface area contributed by atoms with Gasteiger partial charge >= 0.3 is 5.97 Å². The lowest BCUT2D eigenvalue weighted by atomic mass is 9.97. The Balaban J connectivity index is 0.000000516. The van der Waals surface area contributed by atoms with Gasteiger partial charge in [0.1, 0.15) is 0 Å². The van der Waals surface area contributed by atoms with E-state index in [-0.39, 0.29) is 12.2 Å². The number of hydrogen-bond acceptors (Lipinski definition) is 3. The molecule has 4 aromatic rings. The first-order valence-corrected chi connectivity index (χ1v) is 13.2. The predicted molar refractivity (Wildman–Crippen MR) is 164 cm³/mol. The van der Waals surface area contributed by atoms with Gasteiger partial charge in [0.25, 0.3) is 0 Å². The Morgan fingerprint density at radius 2 is 1.46 bits per heavy atom. The molecule has 0 atom stereocenters. The maximum absolute atomic E-state index is 13.2. The zero-order chi connectivity index (χ0) is 29.1. The van der Waals surface area contributed by atoms with E-state index in [2.05, 4.69) is 36.8 Å². The molecular weight excluding hydrogens is 484 g/mol. The summed E-state index contributed by atoms with van der Waals surface area (Å²) < 4.78 is 2.27. The summed E-state index contributed by atoms with van der Waals surface area (Å²) in [7, 11) is 0. The Hall–Kier alpha value is -4.25. The first-order valence-electron chi connectivity index (χ1n) is 13.2. The van der Waals surface area contributed by atoms with E-state index < -0.39 is 5.97 Å². The van der Waals surface area contributed by atoms with E-state index in [4.69, 9.17) is 10.5 Å². The van der Waals surface area contributed by atoms with E-state index in [0.29, 0.717) is 17.7 Å². The van der Waals surface area contributed by atoms with E-state index in [1.54, 1.807) is 6.92 Å². The van der Waals surface area contributed by atoms with Crippen LogP contribution in [0.25, 0.3) is 21.8 Å². The van der Waals surface area contributed by atoms with Crippen LogP contribution in [0.3, 0.4) is 0 Å². The number of carbonyl (C=O) groups excluding carboxylic acids is 1. The van der Waals surface area contributed by atoms with Crippen LogP contribution < -0.4 is 0 Å². The molecule has 0 bridgehead atoms. The quantitative estimate of drug-likeness (QED) is 0.137. The number of aryl methyl sites for hydroxylation is 2. The van der Waals surface area contributed by atoms with Gasteiger partial charge in [0, 0.05) is 51.6 Å².